The van der Waals surface area contributed by atoms with E-state index in [1.54, 1.807) is 13.1 Å². The maximum absolute atomic E-state index is 12.8. The summed E-state index contributed by atoms with van der Waals surface area (Å²) >= 11 is 2.83. The molecule has 30 heavy (non-hydrogen) atoms. The van der Waals surface area contributed by atoms with Crippen LogP contribution in [-0.4, -0.2) is 19.5 Å². The lowest BCUT2D eigenvalue weighted by Gasteiger charge is -2.08. The maximum atomic E-state index is 12.8. The standard InChI is InChI=1S/C22H16N4O2S2/c1-26-21(28)14-9-5-6-10-16(14)23-22(26)30-12-17-24-19(27)18-15(11-29-20(18)25-17)13-7-3-2-4-8-13/h2-11H,12H2,1H3,(H,24,25,27). The first kappa shape index (κ1) is 18.8. The van der Waals surface area contributed by atoms with Gasteiger partial charge in [0.2, 0.25) is 0 Å². The topological polar surface area (TPSA) is 80.6 Å². The number of nitrogens with zero attached hydrogens (tertiary/aromatic N) is 3. The molecule has 0 radical (unpaired) electrons. The highest BCUT2D eigenvalue weighted by Gasteiger charge is 2.14. The largest absolute Gasteiger partial charge is 0.309 e. The third-order valence-electron chi connectivity index (χ3n) is 4.86. The molecule has 0 bridgehead atoms. The Morgan fingerprint density at radius 3 is 2.63 bits per heavy atom. The predicted octanol–water partition coefficient (Wildman–Crippen LogP) is 4.19. The second-order valence-corrected chi connectivity index (χ2v) is 8.57. The van der Waals surface area contributed by atoms with Gasteiger partial charge in [-0.05, 0) is 17.7 Å². The van der Waals surface area contributed by atoms with E-state index in [1.165, 1.54) is 27.7 Å². The number of benzene rings is 2. The lowest BCUT2D eigenvalue weighted by atomic mass is 10.1. The van der Waals surface area contributed by atoms with Gasteiger partial charge in [0, 0.05) is 18.0 Å². The van der Waals surface area contributed by atoms with Crippen molar-refractivity contribution < 1.29 is 0 Å². The van der Waals surface area contributed by atoms with Crippen LogP contribution in [0.1, 0.15) is 5.82 Å². The summed E-state index contributed by atoms with van der Waals surface area (Å²) in [5.41, 5.74) is 2.29. The number of para-hydroxylation sites is 1. The molecule has 0 fully saturated rings. The second-order valence-electron chi connectivity index (χ2n) is 6.77. The molecule has 0 aliphatic carbocycles. The summed E-state index contributed by atoms with van der Waals surface area (Å²) < 4.78 is 1.53. The number of aromatic nitrogens is 4. The van der Waals surface area contributed by atoms with E-state index in [1.807, 2.05) is 53.9 Å². The van der Waals surface area contributed by atoms with Crippen LogP contribution in [0, 0.1) is 0 Å². The normalized spacial score (nSPS) is 11.4. The lowest BCUT2D eigenvalue weighted by molar-refractivity contribution is 0.725. The van der Waals surface area contributed by atoms with Gasteiger partial charge in [-0.3, -0.25) is 14.2 Å². The molecule has 0 saturated carbocycles. The third-order valence-corrected chi connectivity index (χ3v) is 6.77. The second kappa shape index (κ2) is 7.55. The minimum absolute atomic E-state index is 0.0919. The minimum Gasteiger partial charge on any atom is -0.309 e. The van der Waals surface area contributed by atoms with Crippen LogP contribution in [0.25, 0.3) is 32.2 Å². The Labute approximate surface area is 179 Å². The number of aromatic amines is 1. The number of thiophene rings is 1. The van der Waals surface area contributed by atoms with Gasteiger partial charge in [-0.1, -0.05) is 54.2 Å². The van der Waals surface area contributed by atoms with E-state index in [4.69, 9.17) is 0 Å². The van der Waals surface area contributed by atoms with Gasteiger partial charge >= 0.3 is 0 Å². The minimum atomic E-state index is -0.156. The van der Waals surface area contributed by atoms with E-state index in [0.29, 0.717) is 37.9 Å². The molecule has 5 aromatic rings. The summed E-state index contributed by atoms with van der Waals surface area (Å²) in [6.45, 7) is 0. The average molecular weight is 433 g/mol. The fourth-order valence-electron chi connectivity index (χ4n) is 3.35. The molecule has 0 aliphatic heterocycles. The predicted molar refractivity (Wildman–Crippen MR) is 122 cm³/mol. The molecule has 0 aliphatic rings. The van der Waals surface area contributed by atoms with E-state index in [0.717, 1.165) is 11.1 Å². The molecule has 0 spiro atoms. The van der Waals surface area contributed by atoms with E-state index < -0.39 is 0 Å². The summed E-state index contributed by atoms with van der Waals surface area (Å²) in [5, 5.41) is 3.74. The van der Waals surface area contributed by atoms with Crippen LogP contribution in [-0.2, 0) is 12.8 Å². The first-order chi connectivity index (χ1) is 14.6. The van der Waals surface area contributed by atoms with Crippen molar-refractivity contribution in [3.05, 3.63) is 86.5 Å². The highest BCUT2D eigenvalue weighted by atomic mass is 32.2. The van der Waals surface area contributed by atoms with Crippen molar-refractivity contribution in [1.29, 1.82) is 0 Å². The molecule has 2 aromatic carbocycles. The van der Waals surface area contributed by atoms with Crippen LogP contribution in [0.3, 0.4) is 0 Å². The number of fused-ring (bicyclic) bond motifs is 2. The molecule has 0 amide bonds. The SMILES string of the molecule is Cn1c(SCc2nc3scc(-c4ccccc4)c3c(=O)[nH]2)nc2ccccc2c1=O. The van der Waals surface area contributed by atoms with Gasteiger partial charge in [-0.2, -0.15) is 0 Å². The maximum Gasteiger partial charge on any atom is 0.261 e. The molecular weight excluding hydrogens is 416 g/mol. The van der Waals surface area contributed by atoms with Crippen LogP contribution in [0.15, 0.2) is 74.7 Å². The van der Waals surface area contributed by atoms with E-state index in [-0.39, 0.29) is 11.1 Å². The summed E-state index contributed by atoms with van der Waals surface area (Å²) in [6, 6.07) is 17.1. The number of thioether (sulfide) groups is 1. The average Bonchev–Trinajstić information content (AvgIpc) is 3.20. The van der Waals surface area contributed by atoms with Gasteiger partial charge in [0.25, 0.3) is 11.1 Å². The van der Waals surface area contributed by atoms with Gasteiger partial charge in [-0.15, -0.1) is 11.3 Å². The summed E-state index contributed by atoms with van der Waals surface area (Å²) in [6.07, 6.45) is 0. The highest BCUT2D eigenvalue weighted by molar-refractivity contribution is 7.98. The van der Waals surface area contributed by atoms with E-state index in [9.17, 15) is 9.59 Å². The fourth-order valence-corrected chi connectivity index (χ4v) is 5.16. The number of rotatable bonds is 4. The zero-order valence-electron chi connectivity index (χ0n) is 16.0. The first-order valence-corrected chi connectivity index (χ1v) is 11.1. The summed E-state index contributed by atoms with van der Waals surface area (Å²) in [4.78, 5) is 38.2. The van der Waals surface area contributed by atoms with Gasteiger partial charge in [0.15, 0.2) is 5.16 Å². The van der Waals surface area contributed by atoms with E-state index in [2.05, 4.69) is 15.0 Å². The zero-order chi connectivity index (χ0) is 20.7. The Morgan fingerprint density at radius 2 is 1.80 bits per heavy atom. The van der Waals surface area contributed by atoms with Crippen LogP contribution < -0.4 is 11.1 Å². The van der Waals surface area contributed by atoms with Crippen molar-refractivity contribution in [2.45, 2.75) is 10.9 Å². The van der Waals surface area contributed by atoms with Crippen molar-refractivity contribution >= 4 is 44.2 Å². The Kier molecular flexibility index (Phi) is 4.72. The van der Waals surface area contributed by atoms with Gasteiger partial charge in [-0.25, -0.2) is 9.97 Å². The molecule has 0 saturated heterocycles. The molecule has 5 rings (SSSR count). The quantitative estimate of drug-likeness (QED) is 0.340. The molecular formula is C22H16N4O2S2. The van der Waals surface area contributed by atoms with Crippen molar-refractivity contribution in [1.82, 2.24) is 19.5 Å². The van der Waals surface area contributed by atoms with Crippen LogP contribution >= 0.6 is 23.1 Å². The molecule has 8 heteroatoms. The zero-order valence-corrected chi connectivity index (χ0v) is 17.6. The molecule has 0 unspecified atom stereocenters. The first-order valence-electron chi connectivity index (χ1n) is 9.26. The monoisotopic (exact) mass is 432 g/mol. The molecule has 1 N–H and O–H groups in total. The lowest BCUT2D eigenvalue weighted by Crippen LogP contribution is -2.20. The van der Waals surface area contributed by atoms with Gasteiger partial charge < -0.3 is 4.98 Å². The van der Waals surface area contributed by atoms with Crippen molar-refractivity contribution in [3.8, 4) is 11.1 Å². The van der Waals surface area contributed by atoms with Gasteiger partial charge in [0.05, 0.1) is 22.0 Å². The van der Waals surface area contributed by atoms with Crippen molar-refractivity contribution in [2.24, 2.45) is 7.05 Å². The number of nitrogens with one attached hydrogen (secondary N) is 1. The number of H-pyrrole nitrogens is 1. The molecule has 3 aromatic heterocycles. The molecule has 3 heterocycles. The number of hydrogen-bond donors (Lipinski definition) is 1. The van der Waals surface area contributed by atoms with E-state index >= 15 is 0 Å². The molecule has 148 valence electrons. The Balaban J connectivity index is 1.49. The summed E-state index contributed by atoms with van der Waals surface area (Å²) in [5.74, 6) is 0.962. The van der Waals surface area contributed by atoms with Gasteiger partial charge in [0.1, 0.15) is 10.7 Å². The Hall–Kier alpha value is -3.23. The summed E-state index contributed by atoms with van der Waals surface area (Å²) in [7, 11) is 1.70. The molecule has 0 atom stereocenters. The number of hydrogen-bond acceptors (Lipinski definition) is 6. The third kappa shape index (κ3) is 3.24. The highest BCUT2D eigenvalue weighted by Crippen LogP contribution is 2.31. The van der Waals surface area contributed by atoms with Crippen LogP contribution in [0.4, 0.5) is 0 Å². The molecule has 6 nitrogen and oxygen atoms in total. The Morgan fingerprint density at radius 1 is 1.03 bits per heavy atom. The smallest absolute Gasteiger partial charge is 0.261 e. The van der Waals surface area contributed by atoms with Crippen molar-refractivity contribution in [2.75, 3.05) is 0 Å². The fraction of sp³-hybridized carbons (Fsp3) is 0.0909. The Bertz CT molecular complexity index is 1500. The van der Waals surface area contributed by atoms with Crippen LogP contribution in [0.2, 0.25) is 0 Å². The van der Waals surface area contributed by atoms with Crippen LogP contribution in [0.5, 0.6) is 0 Å². The van der Waals surface area contributed by atoms with Crippen molar-refractivity contribution in [3.63, 3.8) is 0 Å².